The molecule has 1 aromatic heterocycles. The van der Waals surface area contributed by atoms with Crippen LogP contribution in [0.25, 0.3) is 10.6 Å². The van der Waals surface area contributed by atoms with Gasteiger partial charge in [-0.1, -0.05) is 24.3 Å². The van der Waals surface area contributed by atoms with Gasteiger partial charge in [0.05, 0.1) is 18.4 Å². The van der Waals surface area contributed by atoms with Crippen LogP contribution in [0.2, 0.25) is 0 Å². The minimum atomic E-state index is -0.284. The Balaban J connectivity index is 1.60. The number of halogens is 1. The predicted octanol–water partition coefficient (Wildman–Crippen LogP) is 3.93. The lowest BCUT2D eigenvalue weighted by atomic mass is 10.2. The number of aromatic nitrogens is 1. The van der Waals surface area contributed by atoms with E-state index >= 15 is 0 Å². The van der Waals surface area contributed by atoms with Crippen LogP contribution in [-0.2, 0) is 6.42 Å². The van der Waals surface area contributed by atoms with Crippen LogP contribution in [0.3, 0.4) is 0 Å². The maximum Gasteiger partial charge on any atom is 0.255 e. The number of carbonyl (C=O) groups is 1. The number of hydrogen-bond donors (Lipinski definition) is 1. The number of thiazole rings is 1. The second-order valence-electron chi connectivity index (χ2n) is 5.33. The Bertz CT molecular complexity index is 879. The molecule has 6 heteroatoms. The molecule has 1 heterocycles. The maximum absolute atomic E-state index is 13.8. The molecule has 0 atom stereocenters. The Morgan fingerprint density at radius 2 is 1.96 bits per heavy atom. The number of nitrogens with one attached hydrogen (secondary N) is 1. The lowest BCUT2D eigenvalue weighted by molar-refractivity contribution is 0.0951. The summed E-state index contributed by atoms with van der Waals surface area (Å²) in [4.78, 5) is 16.7. The van der Waals surface area contributed by atoms with Gasteiger partial charge < -0.3 is 10.1 Å². The van der Waals surface area contributed by atoms with E-state index in [1.165, 1.54) is 24.5 Å². The number of hydrogen-bond acceptors (Lipinski definition) is 4. The van der Waals surface area contributed by atoms with Crippen LogP contribution in [0.5, 0.6) is 5.75 Å². The molecule has 0 aliphatic rings. The zero-order chi connectivity index (χ0) is 17.6. The third kappa shape index (κ3) is 4.03. The van der Waals surface area contributed by atoms with Gasteiger partial charge in [0.15, 0.2) is 0 Å². The molecule has 0 fully saturated rings. The molecule has 2 aromatic carbocycles. The van der Waals surface area contributed by atoms with Crippen LogP contribution in [0, 0.1) is 5.82 Å². The average molecular weight is 356 g/mol. The monoisotopic (exact) mass is 356 g/mol. The first kappa shape index (κ1) is 17.1. The maximum atomic E-state index is 13.8. The van der Waals surface area contributed by atoms with Crippen molar-refractivity contribution in [1.29, 1.82) is 0 Å². The molecule has 3 rings (SSSR count). The number of methoxy groups -OCH3 is 1. The third-order valence-electron chi connectivity index (χ3n) is 3.67. The van der Waals surface area contributed by atoms with Gasteiger partial charge in [-0.2, -0.15) is 0 Å². The fourth-order valence-corrected chi connectivity index (χ4v) is 3.29. The summed E-state index contributed by atoms with van der Waals surface area (Å²) in [6.45, 7) is 0.442. The lowest BCUT2D eigenvalue weighted by Crippen LogP contribution is -2.26. The highest BCUT2D eigenvalue weighted by Crippen LogP contribution is 2.26. The van der Waals surface area contributed by atoms with E-state index in [4.69, 9.17) is 4.74 Å². The van der Waals surface area contributed by atoms with Crippen LogP contribution in [-0.4, -0.2) is 24.5 Å². The predicted molar refractivity (Wildman–Crippen MR) is 96.5 cm³/mol. The van der Waals surface area contributed by atoms with Crippen LogP contribution < -0.4 is 10.1 Å². The molecule has 0 aliphatic heterocycles. The van der Waals surface area contributed by atoms with E-state index in [-0.39, 0.29) is 11.7 Å². The van der Waals surface area contributed by atoms with Crippen LogP contribution in [0.4, 0.5) is 4.39 Å². The Labute approximate surface area is 149 Å². The number of ether oxygens (including phenoxy) is 1. The standard InChI is InChI=1S/C19H17FN2O2S/c1-24-17-9-5-3-7-15(17)18(23)21-11-10-13-12-25-19(22-13)14-6-2-4-8-16(14)20/h2-9,12H,10-11H2,1H3,(H,21,23). The number of nitrogens with zero attached hydrogens (tertiary/aromatic N) is 1. The quantitative estimate of drug-likeness (QED) is 0.728. The summed E-state index contributed by atoms with van der Waals surface area (Å²) in [6.07, 6.45) is 0.575. The number of benzene rings is 2. The fraction of sp³-hybridized carbons (Fsp3) is 0.158. The van der Waals surface area contributed by atoms with Gasteiger partial charge in [0.1, 0.15) is 16.6 Å². The molecular weight excluding hydrogens is 339 g/mol. The second-order valence-corrected chi connectivity index (χ2v) is 6.19. The summed E-state index contributed by atoms with van der Waals surface area (Å²) in [5.74, 6) is 0.0605. The molecule has 0 saturated heterocycles. The molecule has 25 heavy (non-hydrogen) atoms. The molecule has 0 unspecified atom stereocenters. The number of para-hydroxylation sites is 1. The van der Waals surface area contributed by atoms with E-state index in [1.54, 1.807) is 36.4 Å². The van der Waals surface area contributed by atoms with E-state index in [0.717, 1.165) is 5.69 Å². The Morgan fingerprint density at radius 3 is 2.76 bits per heavy atom. The number of amides is 1. The molecule has 0 bridgehead atoms. The summed E-state index contributed by atoms with van der Waals surface area (Å²) in [5.41, 5.74) is 1.82. The van der Waals surface area contributed by atoms with Crippen LogP contribution in [0.1, 0.15) is 16.1 Å². The largest absolute Gasteiger partial charge is 0.496 e. The normalized spacial score (nSPS) is 10.5. The van der Waals surface area contributed by atoms with Gasteiger partial charge in [-0.15, -0.1) is 11.3 Å². The molecule has 128 valence electrons. The molecule has 3 aromatic rings. The fourth-order valence-electron chi connectivity index (χ4n) is 2.41. The zero-order valence-corrected chi connectivity index (χ0v) is 14.5. The van der Waals surface area contributed by atoms with Crippen molar-refractivity contribution < 1.29 is 13.9 Å². The van der Waals surface area contributed by atoms with Gasteiger partial charge in [0.25, 0.3) is 5.91 Å². The van der Waals surface area contributed by atoms with Crippen molar-refractivity contribution in [2.75, 3.05) is 13.7 Å². The highest BCUT2D eigenvalue weighted by atomic mass is 32.1. The molecule has 0 saturated carbocycles. The molecule has 4 nitrogen and oxygen atoms in total. The van der Waals surface area contributed by atoms with E-state index in [0.29, 0.717) is 34.8 Å². The Kier molecular flexibility index (Phi) is 5.40. The highest BCUT2D eigenvalue weighted by Gasteiger charge is 2.12. The lowest BCUT2D eigenvalue weighted by Gasteiger charge is -2.08. The Morgan fingerprint density at radius 1 is 1.20 bits per heavy atom. The molecule has 0 radical (unpaired) electrons. The molecule has 0 spiro atoms. The molecule has 1 amide bonds. The van der Waals surface area contributed by atoms with Crippen LogP contribution in [0.15, 0.2) is 53.9 Å². The zero-order valence-electron chi connectivity index (χ0n) is 13.7. The third-order valence-corrected chi connectivity index (χ3v) is 4.60. The van der Waals surface area contributed by atoms with E-state index in [2.05, 4.69) is 10.3 Å². The SMILES string of the molecule is COc1ccccc1C(=O)NCCc1csc(-c2ccccc2F)n1. The number of carbonyl (C=O) groups excluding carboxylic acids is 1. The molecule has 1 N–H and O–H groups in total. The highest BCUT2D eigenvalue weighted by molar-refractivity contribution is 7.13. The van der Waals surface area contributed by atoms with Crippen molar-refractivity contribution >= 4 is 17.2 Å². The van der Waals surface area contributed by atoms with Gasteiger partial charge in [-0.3, -0.25) is 4.79 Å². The first-order valence-corrected chi connectivity index (χ1v) is 8.67. The van der Waals surface area contributed by atoms with Gasteiger partial charge >= 0.3 is 0 Å². The van der Waals surface area contributed by atoms with Crippen molar-refractivity contribution in [3.8, 4) is 16.3 Å². The van der Waals surface area contributed by atoms with Gasteiger partial charge in [-0.05, 0) is 24.3 Å². The number of rotatable bonds is 6. The average Bonchev–Trinajstić information content (AvgIpc) is 3.10. The summed E-state index contributed by atoms with van der Waals surface area (Å²) in [5, 5.41) is 5.38. The van der Waals surface area contributed by atoms with Crippen molar-refractivity contribution in [2.45, 2.75) is 6.42 Å². The van der Waals surface area contributed by atoms with E-state index in [9.17, 15) is 9.18 Å². The first-order valence-electron chi connectivity index (χ1n) is 7.79. The van der Waals surface area contributed by atoms with E-state index < -0.39 is 0 Å². The molecular formula is C19H17FN2O2S. The van der Waals surface area contributed by atoms with Gasteiger partial charge in [0, 0.05) is 23.9 Å². The van der Waals surface area contributed by atoms with Crippen molar-refractivity contribution in [1.82, 2.24) is 10.3 Å². The summed E-state index contributed by atoms with van der Waals surface area (Å²) < 4.78 is 19.0. The summed E-state index contributed by atoms with van der Waals surface area (Å²) in [7, 11) is 1.53. The second kappa shape index (κ2) is 7.90. The Hall–Kier alpha value is -2.73. The van der Waals surface area contributed by atoms with Crippen molar-refractivity contribution in [2.24, 2.45) is 0 Å². The molecule has 0 aliphatic carbocycles. The van der Waals surface area contributed by atoms with Crippen molar-refractivity contribution in [3.63, 3.8) is 0 Å². The summed E-state index contributed by atoms with van der Waals surface area (Å²) in [6, 6.07) is 13.6. The summed E-state index contributed by atoms with van der Waals surface area (Å²) >= 11 is 1.39. The first-order chi connectivity index (χ1) is 12.2. The van der Waals surface area contributed by atoms with Gasteiger partial charge in [0.2, 0.25) is 0 Å². The van der Waals surface area contributed by atoms with E-state index in [1.807, 2.05) is 11.4 Å². The minimum Gasteiger partial charge on any atom is -0.496 e. The topological polar surface area (TPSA) is 51.2 Å². The minimum absolute atomic E-state index is 0.193. The van der Waals surface area contributed by atoms with Gasteiger partial charge in [-0.25, -0.2) is 9.37 Å². The smallest absolute Gasteiger partial charge is 0.255 e. The van der Waals surface area contributed by atoms with Crippen molar-refractivity contribution in [3.05, 3.63) is 71.0 Å². The van der Waals surface area contributed by atoms with Crippen LogP contribution >= 0.6 is 11.3 Å².